The van der Waals surface area contributed by atoms with E-state index in [9.17, 15) is 9.59 Å². The molecule has 0 aliphatic heterocycles. The predicted molar refractivity (Wildman–Crippen MR) is 105 cm³/mol. The third-order valence-corrected chi connectivity index (χ3v) is 5.38. The Labute approximate surface area is 159 Å². The Hall–Kier alpha value is -2.33. The molecule has 1 aliphatic carbocycles. The van der Waals surface area contributed by atoms with Gasteiger partial charge in [-0.1, -0.05) is 41.9 Å². The molecule has 0 aromatic heterocycles. The Bertz CT molecular complexity index is 771. The summed E-state index contributed by atoms with van der Waals surface area (Å²) >= 11 is 6.10. The quantitative estimate of drug-likeness (QED) is 0.844. The lowest BCUT2D eigenvalue weighted by Gasteiger charge is -2.30. The molecule has 136 valence electrons. The molecule has 0 unspecified atom stereocenters. The number of nitrogens with zero attached hydrogens (tertiary/aromatic N) is 1. The molecule has 0 bridgehead atoms. The molecule has 1 N–H and O–H groups in total. The van der Waals surface area contributed by atoms with Crippen molar-refractivity contribution in [3.8, 4) is 0 Å². The topological polar surface area (TPSA) is 49.4 Å². The summed E-state index contributed by atoms with van der Waals surface area (Å²) in [6, 6.07) is 16.9. The van der Waals surface area contributed by atoms with Crippen LogP contribution in [0.15, 0.2) is 54.6 Å². The number of hydrogen-bond donors (Lipinski definition) is 1. The van der Waals surface area contributed by atoms with E-state index in [0.29, 0.717) is 10.7 Å². The molecule has 1 fully saturated rings. The highest BCUT2D eigenvalue weighted by atomic mass is 35.5. The maximum Gasteiger partial charge on any atom is 0.229 e. The molecule has 4 nitrogen and oxygen atoms in total. The molecule has 1 aliphatic rings. The second kappa shape index (κ2) is 8.37. The third-order valence-electron chi connectivity index (χ3n) is 5.05. The highest BCUT2D eigenvalue weighted by Gasteiger charge is 2.31. The summed E-state index contributed by atoms with van der Waals surface area (Å²) in [7, 11) is 1.81. The van der Waals surface area contributed by atoms with E-state index in [1.54, 1.807) is 17.0 Å². The molecular weight excluding hydrogens is 348 g/mol. The van der Waals surface area contributed by atoms with Gasteiger partial charge in [-0.25, -0.2) is 0 Å². The van der Waals surface area contributed by atoms with Gasteiger partial charge in [0.25, 0.3) is 0 Å². The summed E-state index contributed by atoms with van der Waals surface area (Å²) in [4.78, 5) is 26.9. The minimum atomic E-state index is -0.0719. The predicted octanol–water partition coefficient (Wildman–Crippen LogP) is 4.75. The third kappa shape index (κ3) is 4.25. The molecule has 0 atom stereocenters. The largest absolute Gasteiger partial charge is 0.325 e. The Morgan fingerprint density at radius 2 is 1.50 bits per heavy atom. The van der Waals surface area contributed by atoms with Gasteiger partial charge >= 0.3 is 0 Å². The van der Waals surface area contributed by atoms with E-state index in [1.165, 1.54) is 0 Å². The van der Waals surface area contributed by atoms with Gasteiger partial charge in [0, 0.05) is 24.6 Å². The highest BCUT2D eigenvalue weighted by molar-refractivity contribution is 6.33. The first-order chi connectivity index (χ1) is 12.6. The van der Waals surface area contributed by atoms with Gasteiger partial charge in [-0.2, -0.15) is 0 Å². The number of rotatable bonds is 4. The molecule has 2 aromatic carbocycles. The minimum Gasteiger partial charge on any atom is -0.325 e. The number of benzene rings is 2. The zero-order valence-electron chi connectivity index (χ0n) is 14.8. The van der Waals surface area contributed by atoms with Gasteiger partial charge in [-0.3, -0.25) is 9.59 Å². The molecule has 5 heteroatoms. The van der Waals surface area contributed by atoms with Crippen LogP contribution in [0.3, 0.4) is 0 Å². The molecule has 1 saturated carbocycles. The smallest absolute Gasteiger partial charge is 0.229 e. The summed E-state index contributed by atoms with van der Waals surface area (Å²) in [6.45, 7) is 0. The van der Waals surface area contributed by atoms with Gasteiger partial charge < -0.3 is 10.2 Å². The molecule has 0 heterocycles. The van der Waals surface area contributed by atoms with Gasteiger partial charge in [0.15, 0.2) is 0 Å². The molecule has 2 amide bonds. The van der Waals surface area contributed by atoms with Crippen molar-refractivity contribution in [1.82, 2.24) is 0 Å². The molecule has 0 saturated heterocycles. The molecular formula is C21H23ClN2O2. The van der Waals surface area contributed by atoms with Crippen molar-refractivity contribution in [3.63, 3.8) is 0 Å². The van der Waals surface area contributed by atoms with Crippen LogP contribution in [0.4, 0.5) is 11.4 Å². The van der Waals surface area contributed by atoms with Gasteiger partial charge in [-0.05, 0) is 49.9 Å². The van der Waals surface area contributed by atoms with E-state index in [-0.39, 0.29) is 23.7 Å². The number of carbonyl (C=O) groups excluding carboxylic acids is 2. The average molecular weight is 371 g/mol. The number of hydrogen-bond acceptors (Lipinski definition) is 2. The lowest BCUT2D eigenvalue weighted by atomic mass is 9.81. The Kier molecular flexibility index (Phi) is 5.94. The fourth-order valence-electron chi connectivity index (χ4n) is 3.45. The Morgan fingerprint density at radius 3 is 2.15 bits per heavy atom. The highest BCUT2D eigenvalue weighted by Crippen LogP contribution is 2.32. The standard InChI is InChI=1S/C21H23ClN2O2/c1-24(17-7-3-2-4-8-17)21(26)16-13-11-15(12-14-16)20(25)23-19-10-6-5-9-18(19)22/h2-10,15-16H,11-14H2,1H3,(H,23,25). The van der Waals surface area contributed by atoms with Crippen molar-refractivity contribution >= 4 is 34.8 Å². The fourth-order valence-corrected chi connectivity index (χ4v) is 3.64. The maximum absolute atomic E-state index is 12.7. The molecule has 0 radical (unpaired) electrons. The summed E-state index contributed by atoms with van der Waals surface area (Å²) in [5.74, 6) is 0.0171. The molecule has 3 rings (SSSR count). The van der Waals surface area contributed by atoms with Crippen molar-refractivity contribution in [1.29, 1.82) is 0 Å². The summed E-state index contributed by atoms with van der Waals surface area (Å²) in [6.07, 6.45) is 2.90. The lowest BCUT2D eigenvalue weighted by molar-refractivity contribution is -0.126. The van der Waals surface area contributed by atoms with Gasteiger partial charge in [0.2, 0.25) is 11.8 Å². The first-order valence-corrected chi connectivity index (χ1v) is 9.32. The molecule has 0 spiro atoms. The Morgan fingerprint density at radius 1 is 0.923 bits per heavy atom. The maximum atomic E-state index is 12.7. The van der Waals surface area contributed by atoms with Crippen LogP contribution in [-0.4, -0.2) is 18.9 Å². The second-order valence-electron chi connectivity index (χ2n) is 6.75. The van der Waals surface area contributed by atoms with Crippen molar-refractivity contribution in [2.75, 3.05) is 17.3 Å². The van der Waals surface area contributed by atoms with Crippen LogP contribution < -0.4 is 10.2 Å². The number of anilines is 2. The van der Waals surface area contributed by atoms with Crippen LogP contribution in [0.5, 0.6) is 0 Å². The van der Waals surface area contributed by atoms with E-state index in [0.717, 1.165) is 31.4 Å². The SMILES string of the molecule is CN(C(=O)C1CCC(C(=O)Nc2ccccc2Cl)CC1)c1ccccc1. The average Bonchev–Trinajstić information content (AvgIpc) is 2.69. The minimum absolute atomic E-state index is 0.0135. The van der Waals surface area contributed by atoms with Crippen LogP contribution in [0, 0.1) is 11.8 Å². The number of nitrogens with one attached hydrogen (secondary N) is 1. The number of para-hydroxylation sites is 2. The first-order valence-electron chi connectivity index (χ1n) is 8.94. The van der Waals surface area contributed by atoms with Crippen LogP contribution in [0.1, 0.15) is 25.7 Å². The monoisotopic (exact) mass is 370 g/mol. The van der Waals surface area contributed by atoms with Crippen molar-refractivity contribution in [3.05, 3.63) is 59.6 Å². The van der Waals surface area contributed by atoms with Crippen molar-refractivity contribution in [2.24, 2.45) is 11.8 Å². The number of amides is 2. The normalized spacial score (nSPS) is 19.6. The van der Waals surface area contributed by atoms with Gasteiger partial charge in [0.1, 0.15) is 0 Å². The van der Waals surface area contributed by atoms with E-state index in [4.69, 9.17) is 11.6 Å². The van der Waals surface area contributed by atoms with Gasteiger partial charge in [-0.15, -0.1) is 0 Å². The van der Waals surface area contributed by atoms with Gasteiger partial charge in [0.05, 0.1) is 10.7 Å². The molecule has 26 heavy (non-hydrogen) atoms. The molecule has 2 aromatic rings. The zero-order valence-corrected chi connectivity index (χ0v) is 15.6. The van der Waals surface area contributed by atoms with Crippen LogP contribution >= 0.6 is 11.6 Å². The fraction of sp³-hybridized carbons (Fsp3) is 0.333. The second-order valence-corrected chi connectivity index (χ2v) is 7.16. The van der Waals surface area contributed by atoms with Crippen LogP contribution in [0.25, 0.3) is 0 Å². The zero-order chi connectivity index (χ0) is 18.5. The summed E-state index contributed by atoms with van der Waals surface area (Å²) in [5.41, 5.74) is 1.54. The number of carbonyl (C=O) groups is 2. The summed E-state index contributed by atoms with van der Waals surface area (Å²) in [5, 5.41) is 3.44. The van der Waals surface area contributed by atoms with Crippen LogP contribution in [0.2, 0.25) is 5.02 Å². The summed E-state index contributed by atoms with van der Waals surface area (Å²) < 4.78 is 0. The van der Waals surface area contributed by atoms with E-state index >= 15 is 0 Å². The van der Waals surface area contributed by atoms with E-state index in [1.807, 2.05) is 49.5 Å². The van der Waals surface area contributed by atoms with E-state index < -0.39 is 0 Å². The van der Waals surface area contributed by atoms with Crippen molar-refractivity contribution < 1.29 is 9.59 Å². The Balaban J connectivity index is 1.54. The first kappa shape index (κ1) is 18.5. The van der Waals surface area contributed by atoms with Crippen molar-refractivity contribution in [2.45, 2.75) is 25.7 Å². The number of halogens is 1. The van der Waals surface area contributed by atoms with E-state index in [2.05, 4.69) is 5.32 Å². The van der Waals surface area contributed by atoms with Crippen LogP contribution in [-0.2, 0) is 9.59 Å². The lowest BCUT2D eigenvalue weighted by Crippen LogP contribution is -2.36.